The van der Waals surface area contributed by atoms with Crippen molar-refractivity contribution < 1.29 is 14.3 Å². The highest BCUT2D eigenvalue weighted by atomic mass is 32.1. The Morgan fingerprint density at radius 1 is 1.65 bits per heavy atom. The van der Waals surface area contributed by atoms with Crippen molar-refractivity contribution in [3.63, 3.8) is 0 Å². The van der Waals surface area contributed by atoms with Gasteiger partial charge < -0.3 is 20.7 Å². The summed E-state index contributed by atoms with van der Waals surface area (Å²) in [4.78, 5) is 29.6. The van der Waals surface area contributed by atoms with Gasteiger partial charge >= 0.3 is 0 Å². The molecule has 0 unspecified atom stereocenters. The molecule has 1 aliphatic rings. The zero-order valence-corrected chi connectivity index (χ0v) is 12.3. The van der Waals surface area contributed by atoms with Crippen LogP contribution in [0.4, 0.5) is 5.13 Å². The average Bonchev–Trinajstić information content (AvgIpc) is 2.81. The number of ether oxygens (including phenoxy) is 1. The lowest BCUT2D eigenvalue weighted by atomic mass is 10.2. The number of hydrogen-bond acceptors (Lipinski definition) is 6. The van der Waals surface area contributed by atoms with E-state index < -0.39 is 0 Å². The highest BCUT2D eigenvalue weighted by Gasteiger charge is 2.24. The molecule has 110 valence electrons. The maximum absolute atomic E-state index is 12.1. The molecule has 2 rings (SSSR count). The molecule has 0 saturated carbocycles. The molecule has 1 saturated heterocycles. The van der Waals surface area contributed by atoms with Gasteiger partial charge in [0.15, 0.2) is 5.13 Å². The first kappa shape index (κ1) is 14.7. The number of morpholine rings is 1. The Kier molecular flexibility index (Phi) is 4.56. The van der Waals surface area contributed by atoms with E-state index in [4.69, 9.17) is 10.5 Å². The third-order valence-electron chi connectivity index (χ3n) is 3.09. The topological polar surface area (TPSA) is 97.5 Å². The van der Waals surface area contributed by atoms with E-state index in [0.29, 0.717) is 35.2 Å². The van der Waals surface area contributed by atoms with Gasteiger partial charge in [0.2, 0.25) is 5.91 Å². The van der Waals surface area contributed by atoms with Crippen molar-refractivity contribution in [2.75, 3.05) is 32.5 Å². The number of carbonyl (C=O) groups is 2. The molecule has 20 heavy (non-hydrogen) atoms. The first-order valence-electron chi connectivity index (χ1n) is 6.40. The van der Waals surface area contributed by atoms with E-state index in [1.165, 1.54) is 11.3 Å². The van der Waals surface area contributed by atoms with Crippen LogP contribution in [0.1, 0.15) is 22.3 Å². The Bertz CT molecular complexity index is 517. The van der Waals surface area contributed by atoms with E-state index in [0.717, 1.165) is 0 Å². The minimum atomic E-state index is -0.195. The van der Waals surface area contributed by atoms with Crippen LogP contribution in [0.25, 0.3) is 0 Å². The first-order valence-corrected chi connectivity index (χ1v) is 7.21. The van der Waals surface area contributed by atoms with Gasteiger partial charge in [0.05, 0.1) is 11.8 Å². The lowest BCUT2D eigenvalue weighted by Gasteiger charge is -2.29. The van der Waals surface area contributed by atoms with Gasteiger partial charge in [-0.15, -0.1) is 0 Å². The molecule has 1 atom stereocenters. The fraction of sp³-hybridized carbons (Fsp3) is 0.583. The molecular formula is C12H18N4O3S. The molecular weight excluding hydrogens is 280 g/mol. The van der Waals surface area contributed by atoms with Gasteiger partial charge in [-0.3, -0.25) is 9.59 Å². The zero-order chi connectivity index (χ0) is 14.7. The van der Waals surface area contributed by atoms with Gasteiger partial charge in [0.25, 0.3) is 5.91 Å². The number of nitrogens with one attached hydrogen (secondary N) is 1. The number of nitrogens with two attached hydrogens (primary N) is 1. The smallest absolute Gasteiger partial charge is 0.263 e. The fourth-order valence-electron chi connectivity index (χ4n) is 1.96. The quantitative estimate of drug-likeness (QED) is 0.807. The van der Waals surface area contributed by atoms with E-state index >= 15 is 0 Å². The number of anilines is 1. The monoisotopic (exact) mass is 298 g/mol. The van der Waals surface area contributed by atoms with E-state index in [1.807, 2.05) is 6.92 Å². The van der Waals surface area contributed by atoms with Crippen molar-refractivity contribution in [2.45, 2.75) is 19.4 Å². The number of hydrogen-bond donors (Lipinski definition) is 2. The number of amides is 2. The molecule has 2 heterocycles. The predicted octanol–water partition coefficient (Wildman–Crippen LogP) is -0.125. The summed E-state index contributed by atoms with van der Waals surface area (Å²) in [5, 5.41) is 3.20. The highest BCUT2D eigenvalue weighted by Crippen LogP contribution is 2.20. The molecule has 1 aromatic heterocycles. The molecule has 0 spiro atoms. The third-order valence-corrected chi connectivity index (χ3v) is 4.02. The van der Waals surface area contributed by atoms with Crippen LogP contribution in [0.2, 0.25) is 0 Å². The van der Waals surface area contributed by atoms with Crippen LogP contribution in [0.15, 0.2) is 0 Å². The second kappa shape index (κ2) is 6.19. The summed E-state index contributed by atoms with van der Waals surface area (Å²) < 4.78 is 5.37. The molecule has 8 heteroatoms. The number of carbonyl (C=O) groups excluding carboxylic acids is 2. The number of likely N-dealkylation sites (N-methyl/N-ethyl adjacent to an activating group) is 1. The van der Waals surface area contributed by atoms with Gasteiger partial charge in [-0.2, -0.15) is 0 Å². The number of aromatic nitrogens is 1. The van der Waals surface area contributed by atoms with E-state index in [9.17, 15) is 9.59 Å². The second-order valence-electron chi connectivity index (χ2n) is 4.60. The van der Waals surface area contributed by atoms with Crippen molar-refractivity contribution >= 4 is 28.3 Å². The lowest BCUT2D eigenvalue weighted by Crippen LogP contribution is -2.48. The maximum atomic E-state index is 12.1. The van der Waals surface area contributed by atoms with Crippen LogP contribution in [0.5, 0.6) is 0 Å². The van der Waals surface area contributed by atoms with Crippen LogP contribution in [0.3, 0.4) is 0 Å². The van der Waals surface area contributed by atoms with Crippen molar-refractivity contribution in [1.29, 1.82) is 0 Å². The number of nitrogen functional groups attached to an aromatic ring is 1. The Balaban J connectivity index is 1.90. The average molecular weight is 298 g/mol. The lowest BCUT2D eigenvalue weighted by molar-refractivity contribution is -0.146. The summed E-state index contributed by atoms with van der Waals surface area (Å²) in [6.07, 6.45) is 0.477. The van der Waals surface area contributed by atoms with Crippen LogP contribution < -0.4 is 11.1 Å². The number of aryl methyl sites for hydroxylation is 1. The van der Waals surface area contributed by atoms with Crippen LogP contribution in [0, 0.1) is 0 Å². The molecule has 1 fully saturated rings. The summed E-state index contributed by atoms with van der Waals surface area (Å²) in [7, 11) is 1.72. The minimum Gasteiger partial charge on any atom is -0.375 e. The summed E-state index contributed by atoms with van der Waals surface area (Å²) in [6.45, 7) is 2.82. The number of rotatable bonds is 4. The Morgan fingerprint density at radius 2 is 2.40 bits per heavy atom. The van der Waals surface area contributed by atoms with Gasteiger partial charge in [0.1, 0.15) is 11.5 Å². The minimum absolute atomic E-state index is 0.0453. The molecule has 0 aliphatic carbocycles. The van der Waals surface area contributed by atoms with Crippen LogP contribution >= 0.6 is 11.3 Å². The van der Waals surface area contributed by atoms with Crippen molar-refractivity contribution in [3.8, 4) is 0 Å². The summed E-state index contributed by atoms with van der Waals surface area (Å²) in [5.41, 5.74) is 6.33. The molecule has 7 nitrogen and oxygen atoms in total. The molecule has 0 aromatic carbocycles. The third kappa shape index (κ3) is 3.26. The van der Waals surface area contributed by atoms with E-state index in [2.05, 4.69) is 10.3 Å². The van der Waals surface area contributed by atoms with Gasteiger partial charge in [-0.25, -0.2) is 4.98 Å². The summed E-state index contributed by atoms with van der Waals surface area (Å²) in [5.74, 6) is -0.240. The molecule has 3 N–H and O–H groups in total. The zero-order valence-electron chi connectivity index (χ0n) is 11.5. The second-order valence-corrected chi connectivity index (χ2v) is 5.63. The van der Waals surface area contributed by atoms with Crippen molar-refractivity contribution in [2.24, 2.45) is 0 Å². The maximum Gasteiger partial charge on any atom is 0.263 e. The summed E-state index contributed by atoms with van der Waals surface area (Å²) >= 11 is 1.18. The van der Waals surface area contributed by atoms with Gasteiger partial charge in [-0.05, 0) is 6.42 Å². The molecule has 2 amide bonds. The van der Waals surface area contributed by atoms with Crippen LogP contribution in [-0.2, 0) is 16.0 Å². The molecule has 0 radical (unpaired) electrons. The number of thiazole rings is 1. The normalized spacial score (nSPS) is 19.2. The Labute approximate surface area is 121 Å². The molecule has 1 aliphatic heterocycles. The first-order chi connectivity index (χ1) is 9.51. The van der Waals surface area contributed by atoms with Gasteiger partial charge in [0, 0.05) is 20.1 Å². The molecule has 0 bridgehead atoms. The Hall–Kier alpha value is -1.67. The fourth-order valence-corrected chi connectivity index (χ4v) is 2.79. The summed E-state index contributed by atoms with van der Waals surface area (Å²) in [6, 6.07) is 0. The number of nitrogens with zero attached hydrogens (tertiary/aromatic N) is 2. The largest absolute Gasteiger partial charge is 0.375 e. The van der Waals surface area contributed by atoms with Crippen LogP contribution in [-0.4, -0.2) is 54.5 Å². The SMILES string of the molecule is CCc1nc(N)sc1C(=O)NC[C@H]1CN(C)C(=O)CO1. The van der Waals surface area contributed by atoms with E-state index in [1.54, 1.807) is 11.9 Å². The molecule has 1 aromatic rings. The van der Waals surface area contributed by atoms with Gasteiger partial charge in [-0.1, -0.05) is 18.3 Å². The highest BCUT2D eigenvalue weighted by molar-refractivity contribution is 7.17. The Morgan fingerprint density at radius 3 is 3.05 bits per heavy atom. The van der Waals surface area contributed by atoms with Crippen molar-refractivity contribution in [3.05, 3.63) is 10.6 Å². The predicted molar refractivity (Wildman–Crippen MR) is 75.6 cm³/mol. The van der Waals surface area contributed by atoms with Crippen molar-refractivity contribution in [1.82, 2.24) is 15.2 Å². The standard InChI is InChI=1S/C12H18N4O3S/c1-3-8-10(20-12(13)15-8)11(18)14-4-7-5-16(2)9(17)6-19-7/h7H,3-6H2,1-2H3,(H2,13,15)(H,14,18)/t7-/m0/s1. The van der Waals surface area contributed by atoms with E-state index in [-0.39, 0.29) is 24.5 Å².